The number of rotatable bonds is 11. The molecule has 8 heteroatoms. The van der Waals surface area contributed by atoms with E-state index in [0.717, 1.165) is 26.6 Å². The van der Waals surface area contributed by atoms with Crippen molar-refractivity contribution in [3.05, 3.63) is 95.1 Å². The van der Waals surface area contributed by atoms with Gasteiger partial charge in [-0.3, -0.25) is 13.9 Å². The van der Waals surface area contributed by atoms with Gasteiger partial charge in [-0.1, -0.05) is 62.4 Å². The van der Waals surface area contributed by atoms with Crippen molar-refractivity contribution in [2.75, 3.05) is 17.4 Å². The van der Waals surface area contributed by atoms with Gasteiger partial charge in [0.05, 0.1) is 10.6 Å². The molecule has 0 aliphatic rings. The smallest absolute Gasteiger partial charge is 0.264 e. The Bertz CT molecular complexity index is 1380. The third-order valence-electron chi connectivity index (χ3n) is 6.56. The lowest BCUT2D eigenvalue weighted by atomic mass is 10.1. The molecule has 0 aliphatic heterocycles. The summed E-state index contributed by atoms with van der Waals surface area (Å²) in [5.41, 5.74) is 4.02. The number of hydrogen-bond donors (Lipinski definition) is 1. The topological polar surface area (TPSA) is 86.8 Å². The first kappa shape index (κ1) is 29.9. The summed E-state index contributed by atoms with van der Waals surface area (Å²) in [6, 6.07) is 20.4. The third-order valence-corrected chi connectivity index (χ3v) is 8.35. The normalized spacial score (nSPS) is 12.2. The molecule has 0 aliphatic carbocycles. The highest BCUT2D eigenvalue weighted by Crippen LogP contribution is 2.26. The van der Waals surface area contributed by atoms with Gasteiger partial charge in [-0.15, -0.1) is 0 Å². The number of sulfonamides is 1. The molecule has 0 spiro atoms. The fraction of sp³-hybridized carbons (Fsp3) is 0.355. The van der Waals surface area contributed by atoms with Crippen LogP contribution in [0.1, 0.15) is 43.0 Å². The summed E-state index contributed by atoms with van der Waals surface area (Å²) in [4.78, 5) is 28.7. The molecule has 3 rings (SSSR count). The molecule has 0 bridgehead atoms. The van der Waals surface area contributed by atoms with Gasteiger partial charge in [0.2, 0.25) is 11.8 Å². The van der Waals surface area contributed by atoms with Crippen LogP contribution in [0.2, 0.25) is 0 Å². The Balaban J connectivity index is 2.04. The van der Waals surface area contributed by atoms with E-state index in [0.29, 0.717) is 12.2 Å². The lowest BCUT2D eigenvalue weighted by molar-refractivity contribution is -0.139. The molecule has 3 aromatic rings. The predicted molar refractivity (Wildman–Crippen MR) is 156 cm³/mol. The summed E-state index contributed by atoms with van der Waals surface area (Å²) in [6.07, 6.45) is 0. The van der Waals surface area contributed by atoms with Crippen LogP contribution in [0.15, 0.2) is 77.7 Å². The van der Waals surface area contributed by atoms with Crippen LogP contribution in [0.4, 0.5) is 5.69 Å². The minimum Gasteiger partial charge on any atom is -0.354 e. The van der Waals surface area contributed by atoms with E-state index < -0.39 is 28.5 Å². The zero-order valence-corrected chi connectivity index (χ0v) is 24.5. The minimum atomic E-state index is -4.08. The monoisotopic (exact) mass is 549 g/mol. The van der Waals surface area contributed by atoms with Gasteiger partial charge in [-0.25, -0.2) is 8.42 Å². The quantitative estimate of drug-likeness (QED) is 0.365. The Morgan fingerprint density at radius 3 is 2.03 bits per heavy atom. The number of benzene rings is 3. The summed E-state index contributed by atoms with van der Waals surface area (Å²) in [7, 11) is -4.08. The number of carbonyl (C=O) groups excluding carboxylic acids is 2. The standard InChI is InChI=1S/C31H39N3O4S/c1-22(2)19-32-31(36)26(6)33(20-27-13-11-10-12-25(27)5)30(35)21-34(28-17-23(3)16-24(4)18-28)39(37,38)29-14-8-7-9-15-29/h7-18,22,26H,19-21H2,1-6H3,(H,32,36)/t26-/m1/s1. The van der Waals surface area contributed by atoms with Crippen molar-refractivity contribution < 1.29 is 18.0 Å². The highest BCUT2D eigenvalue weighted by molar-refractivity contribution is 7.92. The summed E-state index contributed by atoms with van der Waals surface area (Å²) in [5, 5.41) is 2.91. The van der Waals surface area contributed by atoms with E-state index in [4.69, 9.17) is 0 Å². The fourth-order valence-corrected chi connectivity index (χ4v) is 5.77. The van der Waals surface area contributed by atoms with Crippen LogP contribution in [0, 0.1) is 26.7 Å². The van der Waals surface area contributed by atoms with Crippen molar-refractivity contribution in [3.8, 4) is 0 Å². The second-order valence-electron chi connectivity index (χ2n) is 10.4. The first-order valence-electron chi connectivity index (χ1n) is 13.2. The average molecular weight is 550 g/mol. The van der Waals surface area contributed by atoms with Gasteiger partial charge in [0.1, 0.15) is 12.6 Å². The number of hydrogen-bond acceptors (Lipinski definition) is 4. The Morgan fingerprint density at radius 2 is 1.44 bits per heavy atom. The van der Waals surface area contributed by atoms with Crippen molar-refractivity contribution in [1.82, 2.24) is 10.2 Å². The van der Waals surface area contributed by atoms with E-state index in [1.165, 1.54) is 17.0 Å². The molecular weight excluding hydrogens is 510 g/mol. The van der Waals surface area contributed by atoms with E-state index in [1.54, 1.807) is 37.3 Å². The van der Waals surface area contributed by atoms with Gasteiger partial charge in [0, 0.05) is 13.1 Å². The lowest BCUT2D eigenvalue weighted by Crippen LogP contribution is -2.51. The van der Waals surface area contributed by atoms with Gasteiger partial charge in [0.25, 0.3) is 10.0 Å². The third kappa shape index (κ3) is 7.69. The summed E-state index contributed by atoms with van der Waals surface area (Å²) >= 11 is 0. The molecule has 3 aromatic carbocycles. The Hall–Kier alpha value is -3.65. The van der Waals surface area contributed by atoms with Crippen LogP contribution in [0.5, 0.6) is 0 Å². The molecule has 39 heavy (non-hydrogen) atoms. The van der Waals surface area contributed by atoms with Gasteiger partial charge < -0.3 is 10.2 Å². The zero-order chi connectivity index (χ0) is 28.7. The number of amides is 2. The van der Waals surface area contributed by atoms with E-state index in [1.807, 2.05) is 65.0 Å². The number of nitrogens with zero attached hydrogens (tertiary/aromatic N) is 2. The summed E-state index contributed by atoms with van der Waals surface area (Å²) in [6.45, 7) is 11.6. The molecular formula is C31H39N3O4S. The first-order chi connectivity index (χ1) is 18.4. The van der Waals surface area contributed by atoms with Crippen LogP contribution in [-0.4, -0.2) is 44.3 Å². The van der Waals surface area contributed by atoms with E-state index in [2.05, 4.69) is 5.32 Å². The van der Waals surface area contributed by atoms with Crippen molar-refractivity contribution in [2.45, 2.75) is 59.0 Å². The van der Waals surface area contributed by atoms with Gasteiger partial charge >= 0.3 is 0 Å². The molecule has 0 saturated carbocycles. The fourth-order valence-electron chi connectivity index (χ4n) is 4.35. The number of nitrogens with one attached hydrogen (secondary N) is 1. The maximum Gasteiger partial charge on any atom is 0.264 e. The molecule has 0 radical (unpaired) electrons. The second-order valence-corrected chi connectivity index (χ2v) is 12.3. The molecule has 0 fully saturated rings. The van der Waals surface area contributed by atoms with Gasteiger partial charge in [-0.05, 0) is 80.1 Å². The number of anilines is 1. The largest absolute Gasteiger partial charge is 0.354 e. The van der Waals surface area contributed by atoms with Crippen LogP contribution >= 0.6 is 0 Å². The lowest BCUT2D eigenvalue weighted by Gasteiger charge is -2.32. The van der Waals surface area contributed by atoms with Gasteiger partial charge in [0.15, 0.2) is 0 Å². The van der Waals surface area contributed by atoms with Crippen LogP contribution < -0.4 is 9.62 Å². The number of carbonyl (C=O) groups is 2. The van der Waals surface area contributed by atoms with Crippen LogP contribution in [0.25, 0.3) is 0 Å². The zero-order valence-electron chi connectivity index (χ0n) is 23.6. The predicted octanol–water partition coefficient (Wildman–Crippen LogP) is 5.00. The molecule has 0 saturated heterocycles. The van der Waals surface area contributed by atoms with E-state index >= 15 is 0 Å². The molecule has 2 amide bonds. The average Bonchev–Trinajstić information content (AvgIpc) is 2.89. The van der Waals surface area contributed by atoms with Crippen molar-refractivity contribution in [2.24, 2.45) is 5.92 Å². The van der Waals surface area contributed by atoms with Crippen molar-refractivity contribution in [1.29, 1.82) is 0 Å². The second kappa shape index (κ2) is 12.9. The SMILES string of the molecule is Cc1cc(C)cc(N(CC(=O)N(Cc2ccccc2C)[C@H](C)C(=O)NCC(C)C)S(=O)(=O)c2ccccc2)c1. The van der Waals surface area contributed by atoms with Crippen LogP contribution in [-0.2, 0) is 26.2 Å². The highest BCUT2D eigenvalue weighted by atomic mass is 32.2. The molecule has 0 heterocycles. The molecule has 208 valence electrons. The maximum atomic E-state index is 14.0. The molecule has 1 N–H and O–H groups in total. The number of aryl methyl sites for hydroxylation is 3. The Morgan fingerprint density at radius 1 is 0.846 bits per heavy atom. The Kier molecular flexibility index (Phi) is 9.92. The molecule has 7 nitrogen and oxygen atoms in total. The molecule has 1 atom stereocenters. The minimum absolute atomic E-state index is 0.0881. The van der Waals surface area contributed by atoms with E-state index in [-0.39, 0.29) is 23.3 Å². The van der Waals surface area contributed by atoms with Crippen molar-refractivity contribution in [3.63, 3.8) is 0 Å². The van der Waals surface area contributed by atoms with Gasteiger partial charge in [-0.2, -0.15) is 0 Å². The Labute approximate surface area is 232 Å². The van der Waals surface area contributed by atoms with Crippen molar-refractivity contribution >= 4 is 27.5 Å². The molecule has 0 unspecified atom stereocenters. The van der Waals surface area contributed by atoms with Crippen LogP contribution in [0.3, 0.4) is 0 Å². The summed E-state index contributed by atoms with van der Waals surface area (Å²) in [5.74, 6) is -0.503. The maximum absolute atomic E-state index is 14.0. The summed E-state index contributed by atoms with van der Waals surface area (Å²) < 4.78 is 28.9. The molecule has 0 aromatic heterocycles. The first-order valence-corrected chi connectivity index (χ1v) is 14.6. The van der Waals surface area contributed by atoms with E-state index in [9.17, 15) is 18.0 Å². The highest BCUT2D eigenvalue weighted by Gasteiger charge is 2.32.